The van der Waals surface area contributed by atoms with Crippen molar-refractivity contribution in [2.75, 3.05) is 6.61 Å². The SMILES string of the molecule is CC(=O)O[C@H]1C(=O)[C@@]2(C)C([C@H](OC(=O)c3ccccc3)[C@]3(O)C[C@H](OC(=O)[C@H](O)[C@@H](NC(=O)c4ccccc4)c4ccccc4)C(C)=C1C3(C)C)[C@]1(OC(C)=O)COC1C[C@@H]2O. The largest absolute Gasteiger partial charge is 0.456 e. The summed E-state index contributed by atoms with van der Waals surface area (Å²) in [6.45, 7) is 7.97. The Hall–Kier alpha value is -5.74. The minimum Gasteiger partial charge on any atom is -0.456 e. The summed E-state index contributed by atoms with van der Waals surface area (Å²) in [5.41, 5.74) is -7.02. The van der Waals surface area contributed by atoms with E-state index in [2.05, 4.69) is 5.32 Å². The van der Waals surface area contributed by atoms with E-state index in [9.17, 15) is 39.3 Å². The predicted octanol–water partition coefficient (Wildman–Crippen LogP) is 3.74. The van der Waals surface area contributed by atoms with Gasteiger partial charge in [0.1, 0.15) is 23.9 Å². The van der Waals surface area contributed by atoms with Gasteiger partial charge in [0.15, 0.2) is 23.6 Å². The van der Waals surface area contributed by atoms with E-state index >= 15 is 4.79 Å². The number of ether oxygens (including phenoxy) is 5. The van der Waals surface area contributed by atoms with E-state index in [-0.39, 0.29) is 35.3 Å². The average molecular weight is 854 g/mol. The summed E-state index contributed by atoms with van der Waals surface area (Å²) in [6.07, 6.45) is -10.5. The highest BCUT2D eigenvalue weighted by atomic mass is 16.6. The van der Waals surface area contributed by atoms with Gasteiger partial charge >= 0.3 is 23.9 Å². The van der Waals surface area contributed by atoms with Crippen LogP contribution >= 0.6 is 0 Å². The topological polar surface area (TPSA) is 221 Å². The number of esters is 4. The summed E-state index contributed by atoms with van der Waals surface area (Å²) < 4.78 is 30.3. The molecule has 0 spiro atoms. The van der Waals surface area contributed by atoms with Crippen LogP contribution in [0.3, 0.4) is 0 Å². The molecule has 0 radical (unpaired) electrons. The number of aliphatic hydroxyl groups is 3. The Morgan fingerprint density at radius 2 is 1.40 bits per heavy atom. The normalized spacial score (nSPS) is 31.9. The molecule has 3 fully saturated rings. The van der Waals surface area contributed by atoms with Crippen LogP contribution in [0.25, 0.3) is 0 Å². The van der Waals surface area contributed by atoms with Crippen molar-refractivity contribution in [3.63, 3.8) is 0 Å². The number of ketones is 1. The van der Waals surface area contributed by atoms with Gasteiger partial charge in [-0.25, -0.2) is 9.59 Å². The summed E-state index contributed by atoms with van der Waals surface area (Å²) in [5.74, 6) is -6.84. The van der Waals surface area contributed by atoms with Gasteiger partial charge in [0.05, 0.1) is 35.6 Å². The molecule has 4 aliphatic rings. The van der Waals surface area contributed by atoms with Crippen molar-refractivity contribution >= 4 is 35.6 Å². The molecule has 62 heavy (non-hydrogen) atoms. The number of rotatable bonds is 10. The maximum absolute atomic E-state index is 15.5. The molecule has 3 aromatic carbocycles. The Morgan fingerprint density at radius 3 is 1.95 bits per heavy atom. The predicted molar refractivity (Wildman–Crippen MR) is 218 cm³/mol. The van der Waals surface area contributed by atoms with Gasteiger partial charge in [0, 0.05) is 37.7 Å². The second-order valence-corrected chi connectivity index (χ2v) is 17.4. The Bertz CT molecular complexity index is 2280. The van der Waals surface area contributed by atoms with Crippen LogP contribution in [0.4, 0.5) is 0 Å². The summed E-state index contributed by atoms with van der Waals surface area (Å²) in [7, 11) is 0. The van der Waals surface area contributed by atoms with Crippen molar-refractivity contribution in [2.45, 2.75) is 108 Å². The highest BCUT2D eigenvalue weighted by Crippen LogP contribution is 2.64. The van der Waals surface area contributed by atoms with Crippen molar-refractivity contribution in [1.29, 1.82) is 0 Å². The van der Waals surface area contributed by atoms with E-state index in [1.807, 2.05) is 0 Å². The van der Waals surface area contributed by atoms with Gasteiger partial charge < -0.3 is 44.3 Å². The summed E-state index contributed by atoms with van der Waals surface area (Å²) in [4.78, 5) is 83.5. The minimum atomic E-state index is -2.39. The van der Waals surface area contributed by atoms with E-state index in [0.29, 0.717) is 5.56 Å². The number of carbonyl (C=O) groups excluding carboxylic acids is 6. The first-order valence-electron chi connectivity index (χ1n) is 20.5. The second kappa shape index (κ2) is 16.5. The molecule has 0 aromatic heterocycles. The molecule has 2 unspecified atom stereocenters. The smallest absolute Gasteiger partial charge is 0.338 e. The first-order valence-corrected chi connectivity index (χ1v) is 20.5. The molecule has 1 aliphatic heterocycles. The third kappa shape index (κ3) is 7.29. The van der Waals surface area contributed by atoms with Gasteiger partial charge in [-0.05, 0) is 54.8 Å². The van der Waals surface area contributed by atoms with Crippen molar-refractivity contribution in [3.8, 4) is 0 Å². The van der Waals surface area contributed by atoms with Crippen LogP contribution in [0.5, 0.6) is 0 Å². The van der Waals surface area contributed by atoms with Gasteiger partial charge in [-0.15, -0.1) is 0 Å². The molecule has 1 saturated heterocycles. The van der Waals surface area contributed by atoms with Crippen molar-refractivity contribution in [3.05, 3.63) is 119 Å². The number of aliphatic hydroxyl groups excluding tert-OH is 2. The first-order chi connectivity index (χ1) is 29.3. The van der Waals surface area contributed by atoms with Crippen LogP contribution in [0.15, 0.2) is 102 Å². The van der Waals surface area contributed by atoms with Crippen LogP contribution < -0.4 is 5.32 Å². The lowest BCUT2D eigenvalue weighted by Gasteiger charge is -2.67. The zero-order valence-corrected chi connectivity index (χ0v) is 35.2. The van der Waals surface area contributed by atoms with Gasteiger partial charge in [0.25, 0.3) is 5.91 Å². The first kappa shape index (κ1) is 44.3. The zero-order chi connectivity index (χ0) is 44.9. The minimum absolute atomic E-state index is 0.00289. The Kier molecular flexibility index (Phi) is 11.8. The number of benzene rings is 3. The lowest BCUT2D eigenvalue weighted by molar-refractivity contribution is -0.346. The molecule has 15 nitrogen and oxygen atoms in total. The standard InChI is InChI=1S/C47H51NO14/c1-25-31(60-43(56)36(52)35(28-16-10-7-11-17-28)48-41(54)29-18-12-8-13-19-29)23-47(57)40(61-42(55)30-20-14-9-15-21-30)38-45(6,32(51)22-33-46(38,24-58-33)62-27(3)50)39(53)37(59-26(2)49)34(25)44(47,4)5/h7-21,31-33,35-38,40,51-52,57H,22-24H2,1-6H3,(H,48,54)/t31-,32-,33?,35-,36+,37+,38?,40-,45+,46-,47+/m0/s1. The number of hydrogen-bond acceptors (Lipinski definition) is 14. The molecule has 2 saturated carbocycles. The van der Waals surface area contributed by atoms with Gasteiger partial charge in [-0.2, -0.15) is 0 Å². The fourth-order valence-electron chi connectivity index (χ4n) is 10.2. The van der Waals surface area contributed by atoms with Gasteiger partial charge in [-0.3, -0.25) is 19.2 Å². The fraction of sp³-hybridized carbons (Fsp3) is 0.447. The van der Waals surface area contributed by atoms with E-state index in [0.717, 1.165) is 13.8 Å². The van der Waals surface area contributed by atoms with Gasteiger partial charge in [-0.1, -0.05) is 80.6 Å². The Balaban J connectivity index is 1.39. The van der Waals surface area contributed by atoms with Crippen molar-refractivity contribution in [2.24, 2.45) is 16.7 Å². The maximum Gasteiger partial charge on any atom is 0.338 e. The number of carbonyl (C=O) groups is 6. The van der Waals surface area contributed by atoms with Crippen LogP contribution in [-0.4, -0.2) is 105 Å². The maximum atomic E-state index is 15.5. The third-order valence-electron chi connectivity index (χ3n) is 13.5. The summed E-state index contributed by atoms with van der Waals surface area (Å²) in [5, 5.41) is 40.2. The van der Waals surface area contributed by atoms with Gasteiger partial charge in [0.2, 0.25) is 0 Å². The Labute approximate surface area is 358 Å². The van der Waals surface area contributed by atoms with Crippen LogP contribution in [0, 0.1) is 16.7 Å². The number of Topliss-reactive ketones (excluding diaryl/α,β-unsaturated/α-hetero) is 1. The lowest BCUT2D eigenvalue weighted by atomic mass is 9.44. The molecule has 1 heterocycles. The number of nitrogens with one attached hydrogen (secondary N) is 1. The van der Waals surface area contributed by atoms with E-state index < -0.39 is 113 Å². The molecule has 4 N–H and O–H groups in total. The van der Waals surface area contributed by atoms with Crippen molar-refractivity contribution < 1.29 is 67.8 Å². The number of fused-ring (bicyclic) bond motifs is 5. The average Bonchev–Trinajstić information content (AvgIpc) is 3.24. The summed E-state index contributed by atoms with van der Waals surface area (Å²) >= 11 is 0. The van der Waals surface area contributed by atoms with Crippen molar-refractivity contribution in [1.82, 2.24) is 5.32 Å². The van der Waals surface area contributed by atoms with Crippen LogP contribution in [0.1, 0.15) is 86.7 Å². The van der Waals surface area contributed by atoms with E-state index in [1.54, 1.807) is 92.7 Å². The molecule has 3 aliphatic carbocycles. The lowest BCUT2D eigenvalue weighted by Crippen LogP contribution is -2.82. The quantitative estimate of drug-likeness (QED) is 0.130. The van der Waals surface area contributed by atoms with Crippen LogP contribution in [-0.2, 0) is 42.9 Å². The monoisotopic (exact) mass is 853 g/mol. The highest BCUT2D eigenvalue weighted by Gasteiger charge is 2.78. The fourth-order valence-corrected chi connectivity index (χ4v) is 10.2. The highest BCUT2D eigenvalue weighted by molar-refractivity contribution is 5.96. The molecule has 15 heteroatoms. The zero-order valence-electron chi connectivity index (χ0n) is 35.2. The molecule has 3 aromatic rings. The van der Waals surface area contributed by atoms with Crippen LogP contribution in [0.2, 0.25) is 0 Å². The molecule has 7 rings (SSSR count). The molecular weight excluding hydrogens is 803 g/mol. The number of hydrogen-bond donors (Lipinski definition) is 4. The molecule has 1 amide bonds. The van der Waals surface area contributed by atoms with E-state index in [4.69, 9.17) is 23.7 Å². The number of amides is 1. The Morgan fingerprint density at radius 1 is 0.823 bits per heavy atom. The second-order valence-electron chi connectivity index (χ2n) is 17.4. The molecule has 11 atom stereocenters. The molecular formula is C47H51NO14. The third-order valence-corrected chi connectivity index (χ3v) is 13.5. The summed E-state index contributed by atoms with van der Waals surface area (Å²) in [6, 6.07) is 22.9. The molecule has 2 bridgehead atoms. The van der Waals surface area contributed by atoms with E-state index in [1.165, 1.54) is 26.0 Å². The molecule has 328 valence electrons.